The molecule has 0 saturated carbocycles. The van der Waals surface area contributed by atoms with Crippen molar-refractivity contribution in [3.8, 4) is 0 Å². The zero-order valence-corrected chi connectivity index (χ0v) is 10.7. The zero-order chi connectivity index (χ0) is 12.1. The van der Waals surface area contributed by atoms with E-state index in [1.165, 1.54) is 0 Å². The number of nitrogens with one attached hydrogen (secondary N) is 1. The molecule has 5 heteroatoms. The summed E-state index contributed by atoms with van der Waals surface area (Å²) in [4.78, 5) is 8.66. The molecule has 4 nitrogen and oxygen atoms in total. The van der Waals surface area contributed by atoms with Crippen molar-refractivity contribution in [2.45, 2.75) is 33.2 Å². The molecule has 88 valence electrons. The minimum atomic E-state index is 0.293. The van der Waals surface area contributed by atoms with Crippen molar-refractivity contribution in [2.75, 3.05) is 5.32 Å². The number of aromatic nitrogens is 2. The minimum Gasteiger partial charge on any atom is -0.388 e. The van der Waals surface area contributed by atoms with E-state index in [4.69, 9.17) is 18.0 Å². The van der Waals surface area contributed by atoms with Crippen LogP contribution in [0.3, 0.4) is 0 Å². The van der Waals surface area contributed by atoms with E-state index in [9.17, 15) is 0 Å². The Hall–Kier alpha value is -1.23. The van der Waals surface area contributed by atoms with E-state index >= 15 is 0 Å². The molecule has 0 aliphatic carbocycles. The Bertz CT molecular complexity index is 365. The SMILES string of the molecule is CC(C)CC(C)Nc1nccc(C(N)=S)n1. The van der Waals surface area contributed by atoms with Crippen molar-refractivity contribution in [2.24, 2.45) is 11.7 Å². The lowest BCUT2D eigenvalue weighted by molar-refractivity contribution is 0.537. The molecule has 0 amide bonds. The van der Waals surface area contributed by atoms with Gasteiger partial charge in [-0.2, -0.15) is 0 Å². The van der Waals surface area contributed by atoms with Gasteiger partial charge in [0.2, 0.25) is 5.95 Å². The lowest BCUT2D eigenvalue weighted by atomic mass is 10.1. The fourth-order valence-electron chi connectivity index (χ4n) is 1.55. The fraction of sp³-hybridized carbons (Fsp3) is 0.545. The van der Waals surface area contributed by atoms with Crippen molar-refractivity contribution in [3.63, 3.8) is 0 Å². The van der Waals surface area contributed by atoms with Crippen LogP contribution in [0.4, 0.5) is 5.95 Å². The number of nitrogens with zero attached hydrogens (tertiary/aromatic N) is 2. The second kappa shape index (κ2) is 5.75. The van der Waals surface area contributed by atoms with Crippen LogP contribution in [0, 0.1) is 5.92 Å². The molecule has 1 unspecified atom stereocenters. The van der Waals surface area contributed by atoms with Gasteiger partial charge in [0.05, 0.1) is 0 Å². The molecule has 1 atom stereocenters. The Morgan fingerprint density at radius 1 is 1.50 bits per heavy atom. The molecule has 0 spiro atoms. The molecule has 16 heavy (non-hydrogen) atoms. The van der Waals surface area contributed by atoms with Gasteiger partial charge in [0, 0.05) is 12.2 Å². The number of hydrogen-bond donors (Lipinski definition) is 2. The molecule has 1 heterocycles. The fourth-order valence-corrected chi connectivity index (χ4v) is 1.67. The van der Waals surface area contributed by atoms with Gasteiger partial charge in [0.25, 0.3) is 0 Å². The normalized spacial score (nSPS) is 12.5. The standard InChI is InChI=1S/C11H18N4S/c1-7(2)6-8(3)14-11-13-5-4-9(15-11)10(12)16/h4-5,7-8H,6H2,1-3H3,(H2,12,16)(H,13,14,15). The summed E-state index contributed by atoms with van der Waals surface area (Å²) in [6.45, 7) is 6.48. The Balaban J connectivity index is 2.66. The highest BCUT2D eigenvalue weighted by Crippen LogP contribution is 2.09. The number of nitrogens with two attached hydrogens (primary N) is 1. The number of thiocarbonyl (C=S) groups is 1. The summed E-state index contributed by atoms with van der Waals surface area (Å²) in [6.07, 6.45) is 2.73. The van der Waals surface area contributed by atoms with Gasteiger partial charge in [-0.1, -0.05) is 26.1 Å². The highest BCUT2D eigenvalue weighted by atomic mass is 32.1. The van der Waals surface area contributed by atoms with Crippen LogP contribution in [-0.4, -0.2) is 21.0 Å². The Kier molecular flexibility index (Phi) is 4.61. The second-order valence-corrected chi connectivity index (χ2v) is 4.74. The van der Waals surface area contributed by atoms with Crippen LogP contribution in [0.15, 0.2) is 12.3 Å². The van der Waals surface area contributed by atoms with Gasteiger partial charge < -0.3 is 11.1 Å². The highest BCUT2D eigenvalue weighted by molar-refractivity contribution is 7.80. The van der Waals surface area contributed by atoms with E-state index in [0.717, 1.165) is 6.42 Å². The maximum absolute atomic E-state index is 5.51. The summed E-state index contributed by atoms with van der Waals surface area (Å²) in [5.74, 6) is 1.22. The van der Waals surface area contributed by atoms with Crippen LogP contribution in [0.25, 0.3) is 0 Å². The van der Waals surface area contributed by atoms with Crippen molar-refractivity contribution in [1.82, 2.24) is 9.97 Å². The molecule has 3 N–H and O–H groups in total. The van der Waals surface area contributed by atoms with Crippen LogP contribution >= 0.6 is 12.2 Å². The highest BCUT2D eigenvalue weighted by Gasteiger charge is 2.07. The predicted octanol–water partition coefficient (Wildman–Crippen LogP) is 1.96. The maximum atomic E-state index is 5.51. The summed E-state index contributed by atoms with van der Waals surface area (Å²) in [7, 11) is 0. The van der Waals surface area contributed by atoms with Crippen molar-refractivity contribution in [3.05, 3.63) is 18.0 Å². The van der Waals surface area contributed by atoms with Gasteiger partial charge in [-0.15, -0.1) is 0 Å². The first-order valence-corrected chi connectivity index (χ1v) is 5.79. The molecule has 0 bridgehead atoms. The lowest BCUT2D eigenvalue weighted by Gasteiger charge is -2.15. The molecule has 0 radical (unpaired) electrons. The summed E-state index contributed by atoms with van der Waals surface area (Å²) in [5.41, 5.74) is 6.11. The van der Waals surface area contributed by atoms with Gasteiger partial charge >= 0.3 is 0 Å². The molecule has 1 aromatic heterocycles. The molecule has 1 rings (SSSR count). The van der Waals surface area contributed by atoms with Crippen LogP contribution in [0.2, 0.25) is 0 Å². The first-order chi connectivity index (χ1) is 7.49. The van der Waals surface area contributed by atoms with E-state index in [1.54, 1.807) is 12.3 Å². The van der Waals surface area contributed by atoms with Gasteiger partial charge in [-0.25, -0.2) is 9.97 Å². The average molecular weight is 238 g/mol. The van der Waals surface area contributed by atoms with Crippen molar-refractivity contribution < 1.29 is 0 Å². The zero-order valence-electron chi connectivity index (χ0n) is 9.90. The first kappa shape index (κ1) is 12.8. The van der Waals surface area contributed by atoms with E-state index < -0.39 is 0 Å². The Labute approximate surface area is 102 Å². The average Bonchev–Trinajstić information content (AvgIpc) is 2.16. The van der Waals surface area contributed by atoms with Crippen LogP contribution < -0.4 is 11.1 Å². The smallest absolute Gasteiger partial charge is 0.223 e. The maximum Gasteiger partial charge on any atom is 0.223 e. The van der Waals surface area contributed by atoms with Crippen molar-refractivity contribution >= 4 is 23.2 Å². The molecule has 0 aromatic carbocycles. The first-order valence-electron chi connectivity index (χ1n) is 5.38. The summed E-state index contributed by atoms with van der Waals surface area (Å²) < 4.78 is 0. The van der Waals surface area contributed by atoms with Gasteiger partial charge in [-0.05, 0) is 25.3 Å². The second-order valence-electron chi connectivity index (χ2n) is 4.30. The van der Waals surface area contributed by atoms with Crippen LogP contribution in [-0.2, 0) is 0 Å². The van der Waals surface area contributed by atoms with Crippen molar-refractivity contribution in [1.29, 1.82) is 0 Å². The molecule has 0 aliphatic rings. The van der Waals surface area contributed by atoms with E-state index in [1.807, 2.05) is 0 Å². The van der Waals surface area contributed by atoms with E-state index in [0.29, 0.717) is 28.6 Å². The molecular formula is C11H18N4S. The molecule has 1 aromatic rings. The molecule has 0 aliphatic heterocycles. The van der Waals surface area contributed by atoms with Crippen LogP contribution in [0.5, 0.6) is 0 Å². The predicted molar refractivity (Wildman–Crippen MR) is 70.5 cm³/mol. The summed E-state index contributed by atoms with van der Waals surface area (Å²) in [5, 5.41) is 3.23. The largest absolute Gasteiger partial charge is 0.388 e. The Morgan fingerprint density at radius 3 is 2.75 bits per heavy atom. The summed E-state index contributed by atoms with van der Waals surface area (Å²) in [6, 6.07) is 2.04. The van der Waals surface area contributed by atoms with Gasteiger partial charge in [0.1, 0.15) is 10.7 Å². The quantitative estimate of drug-likeness (QED) is 0.768. The lowest BCUT2D eigenvalue weighted by Crippen LogP contribution is -2.20. The molecule has 0 saturated heterocycles. The van der Waals surface area contributed by atoms with Crippen LogP contribution in [0.1, 0.15) is 32.9 Å². The third-order valence-corrected chi connectivity index (χ3v) is 2.32. The van der Waals surface area contributed by atoms with E-state index in [2.05, 4.69) is 36.1 Å². The van der Waals surface area contributed by atoms with Gasteiger partial charge in [-0.3, -0.25) is 0 Å². The summed E-state index contributed by atoms with van der Waals surface area (Å²) >= 11 is 4.86. The monoisotopic (exact) mass is 238 g/mol. The third kappa shape index (κ3) is 4.10. The number of rotatable bonds is 5. The molecule has 0 fully saturated rings. The molecular weight excluding hydrogens is 220 g/mol. The number of anilines is 1. The van der Waals surface area contributed by atoms with Gasteiger partial charge in [0.15, 0.2) is 0 Å². The Morgan fingerprint density at radius 2 is 2.19 bits per heavy atom. The topological polar surface area (TPSA) is 63.8 Å². The minimum absolute atomic E-state index is 0.293. The third-order valence-electron chi connectivity index (χ3n) is 2.11. The van der Waals surface area contributed by atoms with E-state index in [-0.39, 0.29) is 0 Å². The number of hydrogen-bond acceptors (Lipinski definition) is 4.